The third-order valence-corrected chi connectivity index (χ3v) is 3.53. The molecule has 2 nitrogen and oxygen atoms in total. The second kappa shape index (κ2) is 7.29. The van der Waals surface area contributed by atoms with Crippen molar-refractivity contribution in [3.05, 3.63) is 0 Å². The molecule has 0 heterocycles. The molecule has 0 spiro atoms. The molecule has 0 saturated heterocycles. The Hall–Kier alpha value is -0.0800. The molecule has 1 N–H and O–H groups in total. The number of nitrogens with zero attached hydrogens (tertiary/aromatic N) is 1. The molecule has 1 unspecified atom stereocenters. The second-order valence-electron chi connectivity index (χ2n) is 6.20. The molecule has 16 heavy (non-hydrogen) atoms. The molecule has 0 fully saturated rings. The molecule has 0 aromatic heterocycles. The van der Waals surface area contributed by atoms with Gasteiger partial charge in [-0.25, -0.2) is 0 Å². The van der Waals surface area contributed by atoms with Crippen LogP contribution in [-0.2, 0) is 0 Å². The number of rotatable bonds is 8. The molecule has 1 atom stereocenters. The number of hydrogen-bond acceptors (Lipinski definition) is 2. The van der Waals surface area contributed by atoms with Crippen molar-refractivity contribution >= 4 is 0 Å². The summed E-state index contributed by atoms with van der Waals surface area (Å²) in [5, 5.41) is 3.53. The fraction of sp³-hybridized carbons (Fsp3) is 1.00. The van der Waals surface area contributed by atoms with Crippen molar-refractivity contribution in [1.29, 1.82) is 0 Å². The van der Waals surface area contributed by atoms with Crippen LogP contribution in [0.2, 0.25) is 0 Å². The topological polar surface area (TPSA) is 15.3 Å². The van der Waals surface area contributed by atoms with Crippen molar-refractivity contribution in [2.45, 2.75) is 53.5 Å². The molecule has 0 amide bonds. The first-order valence-corrected chi connectivity index (χ1v) is 6.71. The van der Waals surface area contributed by atoms with Crippen LogP contribution in [0.15, 0.2) is 0 Å². The average Bonchev–Trinajstić information content (AvgIpc) is 2.16. The van der Waals surface area contributed by atoms with E-state index >= 15 is 0 Å². The standard InChI is InChI=1S/C14H32N2/c1-8-14(5,6)16(7)11-13(4)10-15-9-12(2)3/h12-13,15H,8-11H2,1-7H3. The third-order valence-electron chi connectivity index (χ3n) is 3.53. The van der Waals surface area contributed by atoms with Gasteiger partial charge in [0.15, 0.2) is 0 Å². The Bertz CT molecular complexity index is 176. The lowest BCUT2D eigenvalue weighted by Crippen LogP contribution is -2.44. The summed E-state index contributed by atoms with van der Waals surface area (Å²) in [6.45, 7) is 17.2. The van der Waals surface area contributed by atoms with E-state index in [0.29, 0.717) is 5.54 Å². The largest absolute Gasteiger partial charge is 0.316 e. The zero-order valence-electron chi connectivity index (χ0n) is 12.4. The Morgan fingerprint density at radius 1 is 1.12 bits per heavy atom. The predicted molar refractivity (Wildman–Crippen MR) is 73.9 cm³/mol. The Balaban J connectivity index is 3.82. The lowest BCUT2D eigenvalue weighted by atomic mass is 9.98. The third kappa shape index (κ3) is 6.49. The van der Waals surface area contributed by atoms with Crippen molar-refractivity contribution in [2.24, 2.45) is 11.8 Å². The summed E-state index contributed by atoms with van der Waals surface area (Å²) in [5.74, 6) is 1.46. The van der Waals surface area contributed by atoms with E-state index in [0.717, 1.165) is 24.9 Å². The number of hydrogen-bond donors (Lipinski definition) is 1. The van der Waals surface area contributed by atoms with Crippen molar-refractivity contribution < 1.29 is 0 Å². The molecule has 0 saturated carbocycles. The van der Waals surface area contributed by atoms with Crippen molar-refractivity contribution in [1.82, 2.24) is 10.2 Å². The minimum atomic E-state index is 0.326. The molecule has 98 valence electrons. The molecule has 2 heteroatoms. The van der Waals surface area contributed by atoms with Crippen LogP contribution in [0.1, 0.15) is 48.0 Å². The maximum Gasteiger partial charge on any atom is 0.0147 e. The van der Waals surface area contributed by atoms with E-state index in [1.54, 1.807) is 0 Å². The zero-order valence-corrected chi connectivity index (χ0v) is 12.4. The quantitative estimate of drug-likeness (QED) is 0.687. The molecule has 0 rings (SSSR count). The summed E-state index contributed by atoms with van der Waals surface area (Å²) in [4.78, 5) is 2.48. The van der Waals surface area contributed by atoms with Gasteiger partial charge in [0, 0.05) is 12.1 Å². The highest BCUT2D eigenvalue weighted by atomic mass is 15.2. The van der Waals surface area contributed by atoms with Gasteiger partial charge in [-0.1, -0.05) is 27.7 Å². The van der Waals surface area contributed by atoms with Gasteiger partial charge in [0.25, 0.3) is 0 Å². The van der Waals surface area contributed by atoms with E-state index in [1.165, 1.54) is 13.0 Å². The summed E-state index contributed by atoms with van der Waals surface area (Å²) in [5.41, 5.74) is 0.326. The van der Waals surface area contributed by atoms with Gasteiger partial charge >= 0.3 is 0 Å². The van der Waals surface area contributed by atoms with Crippen LogP contribution in [0.3, 0.4) is 0 Å². The van der Waals surface area contributed by atoms with Crippen molar-refractivity contribution in [2.75, 3.05) is 26.7 Å². The number of nitrogens with one attached hydrogen (secondary N) is 1. The molecule has 0 aliphatic carbocycles. The Labute approximate surface area is 103 Å². The van der Waals surface area contributed by atoms with Gasteiger partial charge in [0.1, 0.15) is 0 Å². The molecule has 0 aliphatic heterocycles. The predicted octanol–water partition coefficient (Wildman–Crippen LogP) is 2.99. The first-order chi connectivity index (χ1) is 7.29. The van der Waals surface area contributed by atoms with Crippen LogP contribution in [0.25, 0.3) is 0 Å². The molecule has 0 bridgehead atoms. The van der Waals surface area contributed by atoms with Gasteiger partial charge in [-0.05, 0) is 52.2 Å². The first-order valence-electron chi connectivity index (χ1n) is 6.71. The normalized spacial score (nSPS) is 14.8. The molecule has 0 aliphatic rings. The molecule has 0 aromatic carbocycles. The summed E-state index contributed by atoms with van der Waals surface area (Å²) < 4.78 is 0. The Kier molecular flexibility index (Phi) is 7.25. The van der Waals surface area contributed by atoms with E-state index < -0.39 is 0 Å². The minimum absolute atomic E-state index is 0.326. The van der Waals surface area contributed by atoms with Crippen LogP contribution in [-0.4, -0.2) is 37.1 Å². The van der Waals surface area contributed by atoms with E-state index in [4.69, 9.17) is 0 Å². The molecular weight excluding hydrogens is 196 g/mol. The van der Waals surface area contributed by atoms with Crippen LogP contribution >= 0.6 is 0 Å². The minimum Gasteiger partial charge on any atom is -0.316 e. The smallest absolute Gasteiger partial charge is 0.0147 e. The Morgan fingerprint density at radius 2 is 1.69 bits per heavy atom. The highest BCUT2D eigenvalue weighted by Crippen LogP contribution is 2.17. The van der Waals surface area contributed by atoms with Crippen molar-refractivity contribution in [3.63, 3.8) is 0 Å². The highest BCUT2D eigenvalue weighted by molar-refractivity contribution is 4.78. The summed E-state index contributed by atoms with van der Waals surface area (Å²) in [7, 11) is 2.24. The van der Waals surface area contributed by atoms with Gasteiger partial charge < -0.3 is 10.2 Å². The van der Waals surface area contributed by atoms with Crippen LogP contribution in [0.5, 0.6) is 0 Å². The Morgan fingerprint density at radius 3 is 2.12 bits per heavy atom. The zero-order chi connectivity index (χ0) is 12.8. The van der Waals surface area contributed by atoms with Gasteiger partial charge in [-0.3, -0.25) is 0 Å². The van der Waals surface area contributed by atoms with Gasteiger partial charge in [-0.15, -0.1) is 0 Å². The van der Waals surface area contributed by atoms with Gasteiger partial charge in [0.05, 0.1) is 0 Å². The monoisotopic (exact) mass is 228 g/mol. The van der Waals surface area contributed by atoms with E-state index in [9.17, 15) is 0 Å². The summed E-state index contributed by atoms with van der Waals surface area (Å²) >= 11 is 0. The molecule has 0 aromatic rings. The van der Waals surface area contributed by atoms with Gasteiger partial charge in [0.2, 0.25) is 0 Å². The van der Waals surface area contributed by atoms with E-state index in [-0.39, 0.29) is 0 Å². The van der Waals surface area contributed by atoms with Crippen LogP contribution < -0.4 is 5.32 Å². The van der Waals surface area contributed by atoms with Crippen molar-refractivity contribution in [3.8, 4) is 0 Å². The molecular formula is C14H32N2. The first kappa shape index (κ1) is 15.9. The van der Waals surface area contributed by atoms with Gasteiger partial charge in [-0.2, -0.15) is 0 Å². The van der Waals surface area contributed by atoms with E-state index in [2.05, 4.69) is 58.8 Å². The second-order valence-corrected chi connectivity index (χ2v) is 6.20. The van der Waals surface area contributed by atoms with E-state index in [1.807, 2.05) is 0 Å². The SMILES string of the molecule is CCC(C)(C)N(C)CC(C)CNCC(C)C. The lowest BCUT2D eigenvalue weighted by Gasteiger charge is -2.36. The summed E-state index contributed by atoms with van der Waals surface area (Å²) in [6, 6.07) is 0. The maximum absolute atomic E-state index is 3.53. The molecule has 0 radical (unpaired) electrons. The maximum atomic E-state index is 3.53. The lowest BCUT2D eigenvalue weighted by molar-refractivity contribution is 0.130. The average molecular weight is 228 g/mol. The van der Waals surface area contributed by atoms with Crippen LogP contribution in [0.4, 0.5) is 0 Å². The van der Waals surface area contributed by atoms with Crippen LogP contribution in [0, 0.1) is 11.8 Å². The fourth-order valence-electron chi connectivity index (χ4n) is 1.67. The fourth-order valence-corrected chi connectivity index (χ4v) is 1.67. The highest BCUT2D eigenvalue weighted by Gasteiger charge is 2.22. The summed E-state index contributed by atoms with van der Waals surface area (Å²) in [6.07, 6.45) is 1.20.